The van der Waals surface area contributed by atoms with Crippen molar-refractivity contribution in [3.63, 3.8) is 0 Å². The Bertz CT molecular complexity index is 983. The maximum Gasteiger partial charge on any atom is 0.432 e. The van der Waals surface area contributed by atoms with Gasteiger partial charge in [-0.15, -0.1) is 0 Å². The maximum atomic E-state index is 12.7. The highest BCUT2D eigenvalue weighted by Crippen LogP contribution is 2.32. The Morgan fingerprint density at radius 2 is 2.04 bits per heavy atom. The first-order valence-electron chi connectivity index (χ1n) is 7.82. The molecule has 13 heteroatoms. The Balaban J connectivity index is 1.55. The molecule has 2 aromatic rings. The minimum absolute atomic E-state index is 0.0464. The molecule has 0 aliphatic carbocycles. The van der Waals surface area contributed by atoms with Gasteiger partial charge in [-0.25, -0.2) is 13.2 Å². The van der Waals surface area contributed by atoms with E-state index in [4.69, 9.17) is 9.15 Å². The summed E-state index contributed by atoms with van der Waals surface area (Å²) in [6, 6.07) is 2.75. The molecule has 1 amide bonds. The van der Waals surface area contributed by atoms with E-state index in [9.17, 15) is 26.4 Å². The monoisotopic (exact) mass is 406 g/mol. The number of rotatable bonds is 3. The van der Waals surface area contributed by atoms with Crippen molar-refractivity contribution in [2.24, 2.45) is 0 Å². The van der Waals surface area contributed by atoms with Crippen LogP contribution < -0.4 is 0 Å². The largest absolute Gasteiger partial charge is 0.447 e. The summed E-state index contributed by atoms with van der Waals surface area (Å²) in [5.41, 5.74) is -1.23. The third kappa shape index (κ3) is 3.06. The van der Waals surface area contributed by atoms with Gasteiger partial charge in [-0.1, -0.05) is 0 Å². The van der Waals surface area contributed by atoms with Crippen molar-refractivity contribution in [2.75, 3.05) is 26.2 Å². The van der Waals surface area contributed by atoms with Gasteiger partial charge in [-0.05, 0) is 18.2 Å². The van der Waals surface area contributed by atoms with Crippen LogP contribution in [0.15, 0.2) is 27.7 Å². The molecule has 1 N–H and O–H groups in total. The molecule has 0 saturated carbocycles. The molecule has 27 heavy (non-hydrogen) atoms. The van der Waals surface area contributed by atoms with E-state index in [0.717, 1.165) is 16.4 Å². The second kappa shape index (κ2) is 5.99. The van der Waals surface area contributed by atoms with Crippen LogP contribution in [0, 0.1) is 0 Å². The number of hydrogen-bond donors (Lipinski definition) is 1. The van der Waals surface area contributed by atoms with Crippen LogP contribution in [0.2, 0.25) is 0 Å². The van der Waals surface area contributed by atoms with Gasteiger partial charge in [0.05, 0.1) is 6.04 Å². The lowest BCUT2D eigenvalue weighted by atomic mass is 10.2. The van der Waals surface area contributed by atoms with Crippen LogP contribution in [0.4, 0.5) is 18.0 Å². The molecule has 0 spiro atoms. The number of cyclic esters (lactones) is 1. The number of nitrogens with one attached hydrogen (secondary N) is 1. The number of sulfonamides is 1. The van der Waals surface area contributed by atoms with Gasteiger partial charge >= 0.3 is 12.3 Å². The minimum Gasteiger partial charge on any atom is -0.447 e. The number of alkyl halides is 3. The predicted octanol–water partition coefficient (Wildman–Crippen LogP) is 1.51. The fourth-order valence-electron chi connectivity index (χ4n) is 3.00. The van der Waals surface area contributed by atoms with Crippen LogP contribution in [0.3, 0.4) is 0 Å². The molecule has 2 aliphatic rings. The van der Waals surface area contributed by atoms with Crippen LogP contribution in [0.1, 0.15) is 5.69 Å². The Morgan fingerprint density at radius 1 is 1.26 bits per heavy atom. The molecule has 4 rings (SSSR count). The van der Waals surface area contributed by atoms with Crippen LogP contribution >= 0.6 is 0 Å². The number of nitrogens with zero attached hydrogens (tertiary/aromatic N) is 3. The highest BCUT2D eigenvalue weighted by molar-refractivity contribution is 7.89. The molecular formula is C14H13F3N4O5S. The van der Waals surface area contributed by atoms with Crippen molar-refractivity contribution >= 4 is 16.1 Å². The van der Waals surface area contributed by atoms with Gasteiger partial charge in [0.25, 0.3) is 10.0 Å². The Kier molecular flexibility index (Phi) is 3.96. The summed E-state index contributed by atoms with van der Waals surface area (Å²) in [5.74, 6) is -0.113. The number of ether oxygens (including phenoxy) is 1. The summed E-state index contributed by atoms with van der Waals surface area (Å²) in [5, 5.41) is 4.93. The molecule has 0 aromatic carbocycles. The SMILES string of the molecule is O=C1OCC2CN(S(=O)(=O)c3ccc(-c4cc(C(F)(F)F)[nH]n4)o3)CCN12. The zero-order valence-electron chi connectivity index (χ0n) is 13.6. The summed E-state index contributed by atoms with van der Waals surface area (Å²) >= 11 is 0. The molecule has 1 atom stereocenters. The van der Waals surface area contributed by atoms with E-state index in [2.05, 4.69) is 5.10 Å². The second-order valence-electron chi connectivity index (χ2n) is 6.07. The third-order valence-corrected chi connectivity index (χ3v) is 6.13. The normalized spacial score (nSPS) is 21.4. The average molecular weight is 406 g/mol. The highest BCUT2D eigenvalue weighted by atomic mass is 32.2. The molecule has 2 aromatic heterocycles. The van der Waals surface area contributed by atoms with Crippen molar-refractivity contribution in [3.8, 4) is 11.5 Å². The highest BCUT2D eigenvalue weighted by Gasteiger charge is 2.42. The fourth-order valence-corrected chi connectivity index (χ4v) is 4.38. The number of H-pyrrole nitrogens is 1. The van der Waals surface area contributed by atoms with Gasteiger partial charge in [-0.3, -0.25) is 10.00 Å². The van der Waals surface area contributed by atoms with Gasteiger partial charge in [0.15, 0.2) is 5.76 Å². The summed E-state index contributed by atoms with van der Waals surface area (Å²) in [6.45, 7) is 0.391. The van der Waals surface area contributed by atoms with E-state index in [0.29, 0.717) is 0 Å². The van der Waals surface area contributed by atoms with E-state index in [-0.39, 0.29) is 43.7 Å². The van der Waals surface area contributed by atoms with E-state index < -0.39 is 33.1 Å². The average Bonchev–Trinajstić information content (AvgIpc) is 3.33. The Morgan fingerprint density at radius 3 is 2.74 bits per heavy atom. The lowest BCUT2D eigenvalue weighted by Gasteiger charge is -2.33. The molecule has 146 valence electrons. The van der Waals surface area contributed by atoms with Crippen molar-refractivity contribution in [1.82, 2.24) is 19.4 Å². The molecule has 0 radical (unpaired) electrons. The predicted molar refractivity (Wildman–Crippen MR) is 81.9 cm³/mol. The van der Waals surface area contributed by atoms with E-state index in [1.807, 2.05) is 5.10 Å². The molecule has 4 heterocycles. The van der Waals surface area contributed by atoms with Crippen molar-refractivity contribution in [2.45, 2.75) is 17.3 Å². The van der Waals surface area contributed by atoms with Crippen LogP contribution in [0.5, 0.6) is 0 Å². The topological polar surface area (TPSA) is 109 Å². The van der Waals surface area contributed by atoms with E-state index in [1.54, 1.807) is 0 Å². The fraction of sp³-hybridized carbons (Fsp3) is 0.429. The van der Waals surface area contributed by atoms with Crippen molar-refractivity contribution in [3.05, 3.63) is 23.9 Å². The number of halogens is 3. The number of carbonyl (C=O) groups excluding carboxylic acids is 1. The van der Waals surface area contributed by atoms with Gasteiger partial charge in [-0.2, -0.15) is 22.6 Å². The minimum atomic E-state index is -4.60. The molecular weight excluding hydrogens is 393 g/mol. The van der Waals surface area contributed by atoms with Crippen LogP contribution in [-0.2, 0) is 20.9 Å². The molecule has 2 fully saturated rings. The van der Waals surface area contributed by atoms with Gasteiger partial charge < -0.3 is 9.15 Å². The van der Waals surface area contributed by atoms with E-state index >= 15 is 0 Å². The maximum absolute atomic E-state index is 12.7. The number of piperazine rings is 1. The smallest absolute Gasteiger partial charge is 0.432 e. The number of aromatic amines is 1. The first-order valence-corrected chi connectivity index (χ1v) is 9.26. The molecule has 2 saturated heterocycles. The lowest BCUT2D eigenvalue weighted by molar-refractivity contribution is -0.141. The molecule has 9 nitrogen and oxygen atoms in total. The first-order chi connectivity index (χ1) is 12.7. The number of fused-ring (bicyclic) bond motifs is 1. The number of amides is 1. The summed E-state index contributed by atoms with van der Waals surface area (Å²) in [6.07, 6.45) is -5.08. The third-order valence-electron chi connectivity index (χ3n) is 4.39. The first kappa shape index (κ1) is 17.9. The van der Waals surface area contributed by atoms with Gasteiger partial charge in [0, 0.05) is 19.6 Å². The quantitative estimate of drug-likeness (QED) is 0.828. The summed E-state index contributed by atoms with van der Waals surface area (Å²) < 4.78 is 74.7. The Labute approximate surface area is 150 Å². The number of aromatic nitrogens is 2. The summed E-state index contributed by atoms with van der Waals surface area (Å²) in [4.78, 5) is 13.0. The molecule has 0 bridgehead atoms. The summed E-state index contributed by atoms with van der Waals surface area (Å²) in [7, 11) is -4.01. The molecule has 1 unspecified atom stereocenters. The van der Waals surface area contributed by atoms with Crippen LogP contribution in [-0.4, -0.2) is 66.2 Å². The van der Waals surface area contributed by atoms with Crippen molar-refractivity contribution in [1.29, 1.82) is 0 Å². The van der Waals surface area contributed by atoms with E-state index in [1.165, 1.54) is 11.0 Å². The number of furan rings is 1. The van der Waals surface area contributed by atoms with Crippen molar-refractivity contribution < 1.29 is 35.5 Å². The Hall–Kier alpha value is -2.54. The zero-order valence-corrected chi connectivity index (χ0v) is 14.4. The molecule has 2 aliphatic heterocycles. The lowest BCUT2D eigenvalue weighted by Crippen LogP contribution is -2.53. The standard InChI is InChI=1S/C14H13F3N4O5S/c15-14(16,17)11-5-9(18-19-11)10-1-2-12(26-10)27(23,24)20-3-4-21-8(6-20)7-25-13(21)22/h1-2,5,8H,3-4,6-7H2,(H,18,19). The zero-order chi connectivity index (χ0) is 19.4. The van der Waals surface area contributed by atoms with Crippen LogP contribution in [0.25, 0.3) is 11.5 Å². The van der Waals surface area contributed by atoms with Gasteiger partial charge in [0.2, 0.25) is 5.09 Å². The van der Waals surface area contributed by atoms with Gasteiger partial charge in [0.1, 0.15) is 18.0 Å². The second-order valence-corrected chi connectivity index (χ2v) is 7.94. The number of hydrogen-bond acceptors (Lipinski definition) is 6. The number of carbonyl (C=O) groups is 1.